The minimum Gasteiger partial charge on any atom is -0.481 e. The van der Waals surface area contributed by atoms with Crippen LogP contribution >= 0.6 is 11.6 Å². The standard InChI is InChI=1S/C15H19ClN2O3/c1-9(2)15(14(20)21)4-5-18(8-15)13(19)11-7-17-10(3)6-12(11)16/h6-7,9H,4-5,8H2,1-3H3,(H,20,21). The Balaban J connectivity index is 2.25. The van der Waals surface area contributed by atoms with Crippen LogP contribution in [0.25, 0.3) is 0 Å². The molecular formula is C15H19ClN2O3. The lowest BCUT2D eigenvalue weighted by molar-refractivity contribution is -0.150. The lowest BCUT2D eigenvalue weighted by Crippen LogP contribution is -2.40. The number of aryl methyl sites for hydroxylation is 1. The van der Waals surface area contributed by atoms with Gasteiger partial charge in [-0.05, 0) is 25.3 Å². The highest BCUT2D eigenvalue weighted by Gasteiger charge is 2.48. The molecular weight excluding hydrogens is 292 g/mol. The number of carboxylic acids is 1. The second kappa shape index (κ2) is 5.64. The molecule has 0 aromatic carbocycles. The van der Waals surface area contributed by atoms with E-state index in [2.05, 4.69) is 4.98 Å². The maximum absolute atomic E-state index is 12.5. The zero-order chi connectivity index (χ0) is 15.8. The van der Waals surface area contributed by atoms with E-state index >= 15 is 0 Å². The molecule has 1 aliphatic heterocycles. The molecule has 1 atom stereocenters. The number of hydrogen-bond donors (Lipinski definition) is 1. The molecule has 0 radical (unpaired) electrons. The third-order valence-corrected chi connectivity index (χ3v) is 4.65. The van der Waals surface area contributed by atoms with Gasteiger partial charge in [0.2, 0.25) is 0 Å². The monoisotopic (exact) mass is 310 g/mol. The number of amides is 1. The van der Waals surface area contributed by atoms with Gasteiger partial charge in [0, 0.05) is 25.0 Å². The summed E-state index contributed by atoms with van der Waals surface area (Å²) >= 11 is 6.10. The summed E-state index contributed by atoms with van der Waals surface area (Å²) in [6, 6.07) is 1.64. The normalized spacial score (nSPS) is 21.9. The van der Waals surface area contributed by atoms with Crippen LogP contribution in [0.2, 0.25) is 5.02 Å². The molecule has 21 heavy (non-hydrogen) atoms. The van der Waals surface area contributed by atoms with Gasteiger partial charge in [-0.1, -0.05) is 25.4 Å². The summed E-state index contributed by atoms with van der Waals surface area (Å²) < 4.78 is 0. The molecule has 1 unspecified atom stereocenters. The molecule has 0 aliphatic carbocycles. The van der Waals surface area contributed by atoms with Crippen LogP contribution in [0.3, 0.4) is 0 Å². The van der Waals surface area contributed by atoms with Gasteiger partial charge in [0.25, 0.3) is 5.91 Å². The molecule has 0 saturated carbocycles. The zero-order valence-corrected chi connectivity index (χ0v) is 13.1. The second-order valence-electron chi connectivity index (χ2n) is 5.90. The number of carbonyl (C=O) groups is 2. The molecule has 1 amide bonds. The first-order valence-electron chi connectivity index (χ1n) is 6.93. The number of likely N-dealkylation sites (tertiary alicyclic amines) is 1. The van der Waals surface area contributed by atoms with Crippen LogP contribution in [0, 0.1) is 18.3 Å². The number of hydrogen-bond acceptors (Lipinski definition) is 3. The van der Waals surface area contributed by atoms with Crippen molar-refractivity contribution in [3.63, 3.8) is 0 Å². The highest BCUT2D eigenvalue weighted by atomic mass is 35.5. The molecule has 1 N–H and O–H groups in total. The van der Waals surface area contributed by atoms with Crippen molar-refractivity contribution in [3.05, 3.63) is 28.5 Å². The van der Waals surface area contributed by atoms with Crippen LogP contribution in [-0.4, -0.2) is 40.0 Å². The SMILES string of the molecule is Cc1cc(Cl)c(C(=O)N2CCC(C(=O)O)(C(C)C)C2)cn1. The first-order valence-corrected chi connectivity index (χ1v) is 7.30. The zero-order valence-electron chi connectivity index (χ0n) is 12.4. The lowest BCUT2D eigenvalue weighted by Gasteiger charge is -2.28. The molecule has 5 nitrogen and oxygen atoms in total. The first kappa shape index (κ1) is 15.8. The Morgan fingerprint density at radius 2 is 2.14 bits per heavy atom. The molecule has 2 rings (SSSR count). The number of nitrogens with zero attached hydrogens (tertiary/aromatic N) is 2. The molecule has 1 aliphatic rings. The summed E-state index contributed by atoms with van der Waals surface area (Å²) in [5, 5.41) is 9.87. The van der Waals surface area contributed by atoms with E-state index in [0.29, 0.717) is 23.6 Å². The van der Waals surface area contributed by atoms with E-state index in [4.69, 9.17) is 11.6 Å². The average molecular weight is 311 g/mol. The van der Waals surface area contributed by atoms with Crippen LogP contribution in [0.15, 0.2) is 12.3 Å². The Bertz CT molecular complexity index is 588. The third kappa shape index (κ3) is 2.75. The quantitative estimate of drug-likeness (QED) is 0.931. The van der Waals surface area contributed by atoms with Gasteiger partial charge >= 0.3 is 5.97 Å². The Kier molecular flexibility index (Phi) is 4.23. The number of aromatic nitrogens is 1. The molecule has 1 aromatic rings. The van der Waals surface area contributed by atoms with E-state index in [1.165, 1.54) is 6.20 Å². The Hall–Kier alpha value is -1.62. The topological polar surface area (TPSA) is 70.5 Å². The van der Waals surface area contributed by atoms with Crippen molar-refractivity contribution in [3.8, 4) is 0 Å². The summed E-state index contributed by atoms with van der Waals surface area (Å²) in [4.78, 5) is 29.8. The molecule has 1 saturated heterocycles. The van der Waals surface area contributed by atoms with E-state index < -0.39 is 11.4 Å². The van der Waals surface area contributed by atoms with Crippen molar-refractivity contribution < 1.29 is 14.7 Å². The van der Waals surface area contributed by atoms with Gasteiger partial charge < -0.3 is 10.0 Å². The molecule has 2 heterocycles. The van der Waals surface area contributed by atoms with E-state index in [1.807, 2.05) is 13.8 Å². The summed E-state index contributed by atoms with van der Waals surface area (Å²) in [6.45, 7) is 6.19. The van der Waals surface area contributed by atoms with Crippen molar-refractivity contribution in [2.75, 3.05) is 13.1 Å². The van der Waals surface area contributed by atoms with Gasteiger partial charge in [-0.15, -0.1) is 0 Å². The highest BCUT2D eigenvalue weighted by Crippen LogP contribution is 2.39. The Morgan fingerprint density at radius 1 is 1.48 bits per heavy atom. The number of carboxylic acid groups (broad SMARTS) is 1. The minimum atomic E-state index is -0.875. The molecule has 114 valence electrons. The fourth-order valence-electron chi connectivity index (χ4n) is 2.75. The van der Waals surface area contributed by atoms with Crippen molar-refractivity contribution in [2.45, 2.75) is 27.2 Å². The maximum Gasteiger partial charge on any atom is 0.311 e. The fraction of sp³-hybridized carbons (Fsp3) is 0.533. The molecule has 6 heteroatoms. The fourth-order valence-corrected chi connectivity index (χ4v) is 3.04. The predicted molar refractivity (Wildman–Crippen MR) is 79.4 cm³/mol. The van der Waals surface area contributed by atoms with Crippen LogP contribution in [0.5, 0.6) is 0 Å². The van der Waals surface area contributed by atoms with Crippen molar-refractivity contribution >= 4 is 23.5 Å². The maximum atomic E-state index is 12.5. The van der Waals surface area contributed by atoms with Crippen molar-refractivity contribution in [1.82, 2.24) is 9.88 Å². The Labute approximate surface area is 128 Å². The van der Waals surface area contributed by atoms with Gasteiger partial charge in [-0.2, -0.15) is 0 Å². The van der Waals surface area contributed by atoms with Gasteiger partial charge in [0.05, 0.1) is 16.0 Å². The minimum absolute atomic E-state index is 0.0422. The van der Waals surface area contributed by atoms with E-state index in [-0.39, 0.29) is 18.4 Å². The number of carbonyl (C=O) groups excluding carboxylic acids is 1. The van der Waals surface area contributed by atoms with E-state index in [9.17, 15) is 14.7 Å². The molecule has 0 bridgehead atoms. The number of halogens is 1. The first-order chi connectivity index (χ1) is 9.78. The van der Waals surface area contributed by atoms with Crippen LogP contribution in [0.1, 0.15) is 36.3 Å². The van der Waals surface area contributed by atoms with Gasteiger partial charge in [0.1, 0.15) is 0 Å². The van der Waals surface area contributed by atoms with Crippen LogP contribution < -0.4 is 0 Å². The molecule has 0 spiro atoms. The van der Waals surface area contributed by atoms with Crippen LogP contribution in [-0.2, 0) is 4.79 Å². The largest absolute Gasteiger partial charge is 0.481 e. The summed E-state index contributed by atoms with van der Waals surface area (Å²) in [5.41, 5.74) is 0.188. The van der Waals surface area contributed by atoms with Gasteiger partial charge in [-0.3, -0.25) is 14.6 Å². The number of pyridine rings is 1. The lowest BCUT2D eigenvalue weighted by atomic mass is 9.76. The third-order valence-electron chi connectivity index (χ3n) is 4.34. The molecule has 1 fully saturated rings. The average Bonchev–Trinajstić information content (AvgIpc) is 2.84. The van der Waals surface area contributed by atoms with Gasteiger partial charge in [-0.25, -0.2) is 0 Å². The number of rotatable bonds is 3. The van der Waals surface area contributed by atoms with Gasteiger partial charge in [0.15, 0.2) is 0 Å². The Morgan fingerprint density at radius 3 is 2.62 bits per heavy atom. The number of aliphatic carboxylic acids is 1. The predicted octanol–water partition coefficient (Wildman–Crippen LogP) is 2.62. The smallest absolute Gasteiger partial charge is 0.311 e. The molecule has 1 aromatic heterocycles. The van der Waals surface area contributed by atoms with E-state index in [0.717, 1.165) is 5.69 Å². The van der Waals surface area contributed by atoms with Crippen molar-refractivity contribution in [1.29, 1.82) is 0 Å². The summed E-state index contributed by atoms with van der Waals surface area (Å²) in [6.07, 6.45) is 1.92. The van der Waals surface area contributed by atoms with Crippen LogP contribution in [0.4, 0.5) is 0 Å². The highest BCUT2D eigenvalue weighted by molar-refractivity contribution is 6.33. The second-order valence-corrected chi connectivity index (χ2v) is 6.31. The van der Waals surface area contributed by atoms with Crippen molar-refractivity contribution in [2.24, 2.45) is 11.3 Å². The van der Waals surface area contributed by atoms with E-state index in [1.54, 1.807) is 17.9 Å². The summed E-state index contributed by atoms with van der Waals surface area (Å²) in [5.74, 6) is -1.14. The summed E-state index contributed by atoms with van der Waals surface area (Å²) in [7, 11) is 0.